The van der Waals surface area contributed by atoms with Gasteiger partial charge in [0, 0.05) is 11.1 Å². The second kappa shape index (κ2) is 5.68. The van der Waals surface area contributed by atoms with Gasteiger partial charge in [-0.25, -0.2) is 8.78 Å². The van der Waals surface area contributed by atoms with Gasteiger partial charge in [-0.3, -0.25) is 0 Å². The number of halogens is 3. The maximum atomic E-state index is 13.6. The second-order valence-corrected chi connectivity index (χ2v) is 4.88. The van der Waals surface area contributed by atoms with Crippen molar-refractivity contribution in [2.24, 2.45) is 5.73 Å². The van der Waals surface area contributed by atoms with Crippen LogP contribution in [0, 0.1) is 18.6 Å². The summed E-state index contributed by atoms with van der Waals surface area (Å²) in [6.07, 6.45) is 0.227. The molecular formula is C15H14ClF2N. The minimum Gasteiger partial charge on any atom is -0.324 e. The summed E-state index contributed by atoms with van der Waals surface area (Å²) in [6, 6.07) is 9.11. The fraction of sp³-hybridized carbons (Fsp3) is 0.200. The molecule has 0 radical (unpaired) electrons. The van der Waals surface area contributed by atoms with Crippen LogP contribution in [0.1, 0.15) is 22.7 Å². The predicted octanol–water partition coefficient (Wildman–Crippen LogP) is 4.17. The highest BCUT2D eigenvalue weighted by atomic mass is 35.5. The molecule has 0 fully saturated rings. The Balaban J connectivity index is 2.28. The number of benzene rings is 2. The average Bonchev–Trinajstić information content (AvgIpc) is 2.38. The molecule has 1 atom stereocenters. The second-order valence-electron chi connectivity index (χ2n) is 4.48. The van der Waals surface area contributed by atoms with E-state index in [-0.39, 0.29) is 12.0 Å². The molecule has 0 heterocycles. The van der Waals surface area contributed by atoms with Crippen LogP contribution < -0.4 is 5.73 Å². The van der Waals surface area contributed by atoms with Gasteiger partial charge in [-0.15, -0.1) is 0 Å². The Morgan fingerprint density at radius 1 is 1.16 bits per heavy atom. The molecule has 1 unspecified atom stereocenters. The van der Waals surface area contributed by atoms with E-state index < -0.39 is 17.7 Å². The van der Waals surface area contributed by atoms with Gasteiger partial charge in [0.05, 0.1) is 0 Å². The Morgan fingerprint density at radius 3 is 2.58 bits per heavy atom. The summed E-state index contributed by atoms with van der Waals surface area (Å²) in [4.78, 5) is 0. The average molecular weight is 282 g/mol. The summed E-state index contributed by atoms with van der Waals surface area (Å²) in [6.45, 7) is 1.86. The van der Waals surface area contributed by atoms with Gasteiger partial charge in [0.1, 0.15) is 0 Å². The molecule has 2 rings (SSSR count). The summed E-state index contributed by atoms with van der Waals surface area (Å²) in [5.41, 5.74) is 8.05. The summed E-state index contributed by atoms with van der Waals surface area (Å²) in [5, 5.41) is 0.618. The number of hydrogen-bond acceptors (Lipinski definition) is 1. The van der Waals surface area contributed by atoms with E-state index in [1.54, 1.807) is 12.1 Å². The minimum atomic E-state index is -0.854. The quantitative estimate of drug-likeness (QED) is 0.898. The lowest BCUT2D eigenvalue weighted by atomic mass is 9.96. The molecule has 2 aromatic rings. The molecule has 0 aliphatic carbocycles. The zero-order chi connectivity index (χ0) is 14.0. The molecule has 2 aromatic carbocycles. The Labute approximate surface area is 116 Å². The van der Waals surface area contributed by atoms with Crippen LogP contribution in [0.3, 0.4) is 0 Å². The van der Waals surface area contributed by atoms with Crippen LogP contribution in [-0.2, 0) is 6.42 Å². The van der Waals surface area contributed by atoms with Crippen molar-refractivity contribution in [1.29, 1.82) is 0 Å². The van der Waals surface area contributed by atoms with Crippen LogP contribution in [0.25, 0.3) is 0 Å². The van der Waals surface area contributed by atoms with E-state index in [4.69, 9.17) is 17.3 Å². The normalized spacial score (nSPS) is 12.5. The molecule has 0 aromatic heterocycles. The molecule has 100 valence electrons. The van der Waals surface area contributed by atoms with Gasteiger partial charge in [-0.2, -0.15) is 0 Å². The highest BCUT2D eigenvalue weighted by Gasteiger charge is 2.15. The van der Waals surface area contributed by atoms with Gasteiger partial charge in [0.2, 0.25) is 0 Å². The lowest BCUT2D eigenvalue weighted by Crippen LogP contribution is -2.16. The van der Waals surface area contributed by atoms with Crippen molar-refractivity contribution >= 4 is 11.6 Å². The largest absolute Gasteiger partial charge is 0.324 e. The molecule has 0 aliphatic heterocycles. The van der Waals surface area contributed by atoms with Gasteiger partial charge >= 0.3 is 0 Å². The Bertz CT molecular complexity index is 599. The molecule has 0 saturated heterocycles. The molecule has 0 saturated carbocycles. The topological polar surface area (TPSA) is 26.0 Å². The first-order chi connectivity index (χ1) is 9.00. The van der Waals surface area contributed by atoms with Crippen molar-refractivity contribution in [3.05, 3.63) is 69.7 Å². The van der Waals surface area contributed by atoms with E-state index in [2.05, 4.69) is 0 Å². The molecule has 0 bridgehead atoms. The van der Waals surface area contributed by atoms with Crippen molar-refractivity contribution < 1.29 is 8.78 Å². The summed E-state index contributed by atoms with van der Waals surface area (Å²) in [7, 11) is 0. The predicted molar refractivity (Wildman–Crippen MR) is 73.2 cm³/mol. The van der Waals surface area contributed by atoms with E-state index in [1.807, 2.05) is 13.0 Å². The summed E-state index contributed by atoms with van der Waals surface area (Å²) >= 11 is 6.03. The van der Waals surface area contributed by atoms with Crippen LogP contribution in [-0.4, -0.2) is 0 Å². The molecule has 0 spiro atoms. The van der Waals surface area contributed by atoms with E-state index in [0.717, 1.165) is 17.2 Å². The van der Waals surface area contributed by atoms with Crippen molar-refractivity contribution in [2.75, 3.05) is 0 Å². The fourth-order valence-electron chi connectivity index (χ4n) is 2.08. The minimum absolute atomic E-state index is 0.227. The first kappa shape index (κ1) is 14.0. The van der Waals surface area contributed by atoms with Crippen LogP contribution in [0.2, 0.25) is 5.02 Å². The molecule has 0 amide bonds. The van der Waals surface area contributed by atoms with Crippen LogP contribution in [0.4, 0.5) is 8.78 Å². The maximum Gasteiger partial charge on any atom is 0.162 e. The molecule has 19 heavy (non-hydrogen) atoms. The Kier molecular flexibility index (Phi) is 4.17. The smallest absolute Gasteiger partial charge is 0.162 e. The van der Waals surface area contributed by atoms with E-state index in [1.165, 1.54) is 12.1 Å². The van der Waals surface area contributed by atoms with Gasteiger partial charge in [-0.1, -0.05) is 35.9 Å². The molecule has 4 heteroatoms. The van der Waals surface area contributed by atoms with Crippen molar-refractivity contribution in [3.63, 3.8) is 0 Å². The Hall–Kier alpha value is -1.45. The van der Waals surface area contributed by atoms with E-state index in [0.29, 0.717) is 5.02 Å². The van der Waals surface area contributed by atoms with Gasteiger partial charge in [-0.05, 0) is 42.2 Å². The maximum absolute atomic E-state index is 13.6. The van der Waals surface area contributed by atoms with Crippen LogP contribution >= 0.6 is 11.6 Å². The number of nitrogens with two attached hydrogens (primary N) is 1. The monoisotopic (exact) mass is 281 g/mol. The highest BCUT2D eigenvalue weighted by Crippen LogP contribution is 2.26. The third-order valence-electron chi connectivity index (χ3n) is 3.18. The molecule has 1 nitrogen and oxygen atoms in total. The lowest BCUT2D eigenvalue weighted by Gasteiger charge is -2.16. The lowest BCUT2D eigenvalue weighted by molar-refractivity contribution is 0.494. The SMILES string of the molecule is Cc1c(Cl)cccc1C(N)Cc1cccc(F)c1F. The summed E-state index contributed by atoms with van der Waals surface area (Å²) in [5.74, 6) is -1.69. The van der Waals surface area contributed by atoms with Crippen molar-refractivity contribution in [3.8, 4) is 0 Å². The third kappa shape index (κ3) is 2.94. The van der Waals surface area contributed by atoms with Gasteiger partial charge in [0.15, 0.2) is 11.6 Å². The van der Waals surface area contributed by atoms with E-state index in [9.17, 15) is 8.78 Å². The molecular weight excluding hydrogens is 268 g/mol. The first-order valence-electron chi connectivity index (χ1n) is 5.94. The van der Waals surface area contributed by atoms with Crippen LogP contribution in [0.5, 0.6) is 0 Å². The first-order valence-corrected chi connectivity index (χ1v) is 6.32. The zero-order valence-electron chi connectivity index (χ0n) is 10.5. The Morgan fingerprint density at radius 2 is 1.84 bits per heavy atom. The number of rotatable bonds is 3. The van der Waals surface area contributed by atoms with Crippen molar-refractivity contribution in [1.82, 2.24) is 0 Å². The van der Waals surface area contributed by atoms with Gasteiger partial charge in [0.25, 0.3) is 0 Å². The van der Waals surface area contributed by atoms with Gasteiger partial charge < -0.3 is 5.73 Å². The fourth-order valence-corrected chi connectivity index (χ4v) is 2.26. The third-order valence-corrected chi connectivity index (χ3v) is 3.59. The number of hydrogen-bond donors (Lipinski definition) is 1. The summed E-state index contributed by atoms with van der Waals surface area (Å²) < 4.78 is 26.7. The zero-order valence-corrected chi connectivity index (χ0v) is 11.2. The van der Waals surface area contributed by atoms with E-state index >= 15 is 0 Å². The molecule has 2 N–H and O–H groups in total. The molecule has 0 aliphatic rings. The van der Waals surface area contributed by atoms with Crippen molar-refractivity contribution in [2.45, 2.75) is 19.4 Å². The van der Waals surface area contributed by atoms with Crippen LogP contribution in [0.15, 0.2) is 36.4 Å². The standard InChI is InChI=1S/C15H14ClF2N/c1-9-11(5-3-6-12(9)16)14(19)8-10-4-2-7-13(17)15(10)18/h2-7,14H,8,19H2,1H3. The highest BCUT2D eigenvalue weighted by molar-refractivity contribution is 6.31.